The van der Waals surface area contributed by atoms with Gasteiger partial charge in [-0.15, -0.1) is 0 Å². The average Bonchev–Trinajstić information content (AvgIpc) is 2.72. The van der Waals surface area contributed by atoms with Gasteiger partial charge in [-0.3, -0.25) is 9.59 Å². The molecule has 0 spiro atoms. The molecule has 2 saturated heterocycles. The van der Waals surface area contributed by atoms with Crippen molar-refractivity contribution < 1.29 is 22.8 Å². The molecule has 0 aliphatic carbocycles. The summed E-state index contributed by atoms with van der Waals surface area (Å²) in [7, 11) is 5.32. The van der Waals surface area contributed by atoms with Gasteiger partial charge in [0.1, 0.15) is 11.9 Å². The molecule has 1 aromatic rings. The van der Waals surface area contributed by atoms with Crippen molar-refractivity contribution in [2.45, 2.75) is 25.1 Å². The summed E-state index contributed by atoms with van der Waals surface area (Å²) < 4.78 is 38.1. The summed E-state index contributed by atoms with van der Waals surface area (Å²) in [6.07, 6.45) is -2.41. The Labute approximate surface area is 174 Å². The predicted molar refractivity (Wildman–Crippen MR) is 106 cm³/mol. The van der Waals surface area contributed by atoms with Crippen LogP contribution in [0.5, 0.6) is 0 Å². The van der Waals surface area contributed by atoms with Gasteiger partial charge in [0.2, 0.25) is 11.8 Å². The molecule has 1 aromatic heterocycles. The molecule has 2 amide bonds. The first kappa shape index (κ1) is 22.3. The fraction of sp³-hybridized carbons (Fsp3) is 0.650. The molecule has 1 atom stereocenters. The standard InChI is InChI=1S/C20H28F3N5O2/c1-25(2)19(30)16-13-26(3)10-11-28(16)18(29)14-6-8-27(9-7-14)17-5-4-15(12-24-17)20(21,22)23/h4-5,12,14,16H,6-11,13H2,1-3H3. The Balaban J connectivity index is 1.62. The maximum atomic E-state index is 13.2. The highest BCUT2D eigenvalue weighted by Gasteiger charge is 2.38. The van der Waals surface area contributed by atoms with Crippen LogP contribution < -0.4 is 4.90 Å². The average molecular weight is 427 g/mol. The highest BCUT2D eigenvalue weighted by molar-refractivity contribution is 5.89. The Hall–Kier alpha value is -2.36. The molecule has 0 N–H and O–H groups in total. The van der Waals surface area contributed by atoms with E-state index in [9.17, 15) is 22.8 Å². The molecule has 10 heteroatoms. The molecule has 2 fully saturated rings. The van der Waals surface area contributed by atoms with Crippen LogP contribution in [0.1, 0.15) is 18.4 Å². The second-order valence-electron chi connectivity index (χ2n) is 8.21. The number of carbonyl (C=O) groups excluding carboxylic acids is 2. The van der Waals surface area contributed by atoms with E-state index in [0.29, 0.717) is 44.8 Å². The summed E-state index contributed by atoms with van der Waals surface area (Å²) in [5, 5.41) is 0. The predicted octanol–water partition coefficient (Wildman–Crippen LogP) is 1.55. The molecule has 7 nitrogen and oxygen atoms in total. The number of pyridine rings is 1. The molecule has 2 aliphatic heterocycles. The summed E-state index contributed by atoms with van der Waals surface area (Å²) in [6, 6.07) is 1.92. The van der Waals surface area contributed by atoms with Crippen LogP contribution in [-0.4, -0.2) is 91.4 Å². The molecule has 0 bridgehead atoms. The Kier molecular flexibility index (Phi) is 6.54. The zero-order valence-corrected chi connectivity index (χ0v) is 17.5. The van der Waals surface area contributed by atoms with E-state index in [1.807, 2.05) is 11.9 Å². The monoisotopic (exact) mass is 427 g/mol. The lowest BCUT2D eigenvalue weighted by atomic mass is 9.94. The first-order valence-electron chi connectivity index (χ1n) is 10.1. The van der Waals surface area contributed by atoms with Crippen molar-refractivity contribution in [3.05, 3.63) is 23.9 Å². The summed E-state index contributed by atoms with van der Waals surface area (Å²) in [5.74, 6) is 0.190. The maximum absolute atomic E-state index is 13.2. The number of halogens is 3. The van der Waals surface area contributed by atoms with E-state index in [1.165, 1.54) is 11.0 Å². The van der Waals surface area contributed by atoms with Crippen LogP contribution in [0.3, 0.4) is 0 Å². The van der Waals surface area contributed by atoms with Crippen LogP contribution in [0, 0.1) is 5.92 Å². The lowest BCUT2D eigenvalue weighted by Crippen LogP contribution is -2.61. The van der Waals surface area contributed by atoms with Gasteiger partial charge in [-0.1, -0.05) is 0 Å². The zero-order valence-electron chi connectivity index (χ0n) is 17.5. The SMILES string of the molecule is CN1CCN(C(=O)C2CCN(c3ccc(C(F)(F)F)cn3)CC2)C(C(=O)N(C)C)C1. The lowest BCUT2D eigenvalue weighted by Gasteiger charge is -2.42. The molecule has 0 aromatic carbocycles. The minimum absolute atomic E-state index is 0.0108. The van der Waals surface area contributed by atoms with Crippen LogP contribution in [0.25, 0.3) is 0 Å². The van der Waals surface area contributed by atoms with Crippen molar-refractivity contribution in [2.24, 2.45) is 5.92 Å². The van der Waals surface area contributed by atoms with Crippen molar-refractivity contribution in [2.75, 3.05) is 58.8 Å². The summed E-state index contributed by atoms with van der Waals surface area (Å²) in [4.78, 5) is 36.9. The minimum atomic E-state index is -4.41. The number of likely N-dealkylation sites (N-methyl/N-ethyl adjacent to an activating group) is 2. The minimum Gasteiger partial charge on any atom is -0.357 e. The molecule has 0 saturated carbocycles. The number of carbonyl (C=O) groups is 2. The van der Waals surface area contributed by atoms with Gasteiger partial charge < -0.3 is 19.6 Å². The molecule has 30 heavy (non-hydrogen) atoms. The largest absolute Gasteiger partial charge is 0.417 e. The highest BCUT2D eigenvalue weighted by atomic mass is 19.4. The van der Waals surface area contributed by atoms with Gasteiger partial charge in [0.25, 0.3) is 0 Å². The number of hydrogen-bond acceptors (Lipinski definition) is 5. The molecular formula is C20H28F3N5O2. The second-order valence-corrected chi connectivity index (χ2v) is 8.21. The van der Waals surface area contributed by atoms with Gasteiger partial charge in [0.05, 0.1) is 5.56 Å². The van der Waals surface area contributed by atoms with Gasteiger partial charge in [0, 0.05) is 58.9 Å². The smallest absolute Gasteiger partial charge is 0.357 e. The van der Waals surface area contributed by atoms with E-state index >= 15 is 0 Å². The number of aromatic nitrogens is 1. The van der Waals surface area contributed by atoms with Crippen LogP contribution in [0.2, 0.25) is 0 Å². The number of anilines is 1. The van der Waals surface area contributed by atoms with Crippen molar-refractivity contribution >= 4 is 17.6 Å². The zero-order chi connectivity index (χ0) is 22.1. The fourth-order valence-electron chi connectivity index (χ4n) is 4.02. The summed E-state index contributed by atoms with van der Waals surface area (Å²) in [5.41, 5.74) is -0.775. The Morgan fingerprint density at radius 2 is 1.77 bits per heavy atom. The van der Waals surface area contributed by atoms with Gasteiger partial charge in [-0.2, -0.15) is 13.2 Å². The normalized spacial score (nSPS) is 21.6. The van der Waals surface area contributed by atoms with Crippen LogP contribution in [0.15, 0.2) is 18.3 Å². The number of alkyl halides is 3. The van der Waals surface area contributed by atoms with Gasteiger partial charge >= 0.3 is 6.18 Å². The van der Waals surface area contributed by atoms with Crippen LogP contribution in [-0.2, 0) is 15.8 Å². The Morgan fingerprint density at radius 1 is 1.10 bits per heavy atom. The summed E-state index contributed by atoms with van der Waals surface area (Å²) >= 11 is 0. The van der Waals surface area contributed by atoms with Crippen molar-refractivity contribution in [3.8, 4) is 0 Å². The fourth-order valence-corrected chi connectivity index (χ4v) is 4.02. The Bertz CT molecular complexity index is 761. The number of nitrogens with zero attached hydrogens (tertiary/aromatic N) is 5. The molecule has 2 aliphatic rings. The first-order valence-corrected chi connectivity index (χ1v) is 10.1. The molecule has 0 radical (unpaired) electrons. The molecule has 1 unspecified atom stereocenters. The van der Waals surface area contributed by atoms with Crippen molar-refractivity contribution in [1.82, 2.24) is 19.7 Å². The lowest BCUT2D eigenvalue weighted by molar-refractivity contribution is -0.150. The van der Waals surface area contributed by atoms with Crippen molar-refractivity contribution in [1.29, 1.82) is 0 Å². The van der Waals surface area contributed by atoms with Crippen LogP contribution in [0.4, 0.5) is 19.0 Å². The van der Waals surface area contributed by atoms with Gasteiger partial charge in [-0.25, -0.2) is 4.98 Å². The number of piperazine rings is 1. The van der Waals surface area contributed by atoms with Crippen molar-refractivity contribution in [3.63, 3.8) is 0 Å². The summed E-state index contributed by atoms with van der Waals surface area (Å²) in [6.45, 7) is 2.82. The third kappa shape index (κ3) is 4.85. The van der Waals surface area contributed by atoms with E-state index in [0.717, 1.165) is 18.8 Å². The maximum Gasteiger partial charge on any atom is 0.417 e. The number of piperidine rings is 1. The third-order valence-electron chi connectivity index (χ3n) is 5.84. The first-order chi connectivity index (χ1) is 14.1. The molecular weight excluding hydrogens is 399 g/mol. The number of hydrogen-bond donors (Lipinski definition) is 0. The quantitative estimate of drug-likeness (QED) is 0.733. The highest BCUT2D eigenvalue weighted by Crippen LogP contribution is 2.30. The van der Waals surface area contributed by atoms with Gasteiger partial charge in [-0.05, 0) is 32.0 Å². The van der Waals surface area contributed by atoms with E-state index in [4.69, 9.17) is 0 Å². The third-order valence-corrected chi connectivity index (χ3v) is 5.84. The van der Waals surface area contributed by atoms with Gasteiger partial charge in [0.15, 0.2) is 0 Å². The van der Waals surface area contributed by atoms with E-state index in [2.05, 4.69) is 9.88 Å². The molecule has 3 heterocycles. The molecule has 3 rings (SSSR count). The number of amides is 2. The topological polar surface area (TPSA) is 60.0 Å². The van der Waals surface area contributed by atoms with E-state index < -0.39 is 17.8 Å². The molecule has 166 valence electrons. The van der Waals surface area contributed by atoms with E-state index in [1.54, 1.807) is 19.0 Å². The number of rotatable bonds is 3. The van der Waals surface area contributed by atoms with Crippen LogP contribution >= 0.6 is 0 Å². The Morgan fingerprint density at radius 3 is 2.30 bits per heavy atom. The van der Waals surface area contributed by atoms with E-state index in [-0.39, 0.29) is 17.7 Å². The second kappa shape index (κ2) is 8.79.